The molecule has 0 atom stereocenters. The highest BCUT2D eigenvalue weighted by atomic mass is 19.4. The summed E-state index contributed by atoms with van der Waals surface area (Å²) in [5.41, 5.74) is 3.47. The zero-order valence-electron chi connectivity index (χ0n) is 20.5. The number of hydrogen-bond donors (Lipinski definition) is 1. The molecule has 4 rings (SSSR count). The zero-order chi connectivity index (χ0) is 27.3. The molecule has 0 fully saturated rings. The van der Waals surface area contributed by atoms with Crippen LogP contribution in [0.4, 0.5) is 13.2 Å². The lowest BCUT2D eigenvalue weighted by Gasteiger charge is -2.21. The molecule has 0 aliphatic carbocycles. The van der Waals surface area contributed by atoms with Gasteiger partial charge in [0.1, 0.15) is 11.8 Å². The maximum Gasteiger partial charge on any atom is 0.416 e. The SMILES string of the molecule is CCCc1ccc(C#Cc2coc3ccc(CN(Cc4ccc(C(F)(F)F)cc4)C(=O)C(=O)O)cc23)cc1. The predicted molar refractivity (Wildman–Crippen MR) is 136 cm³/mol. The van der Waals surface area contributed by atoms with Gasteiger partial charge in [-0.1, -0.05) is 55.5 Å². The van der Waals surface area contributed by atoms with Crippen LogP contribution in [0, 0.1) is 11.8 Å². The largest absolute Gasteiger partial charge is 0.474 e. The molecule has 0 spiro atoms. The van der Waals surface area contributed by atoms with Crippen LogP contribution in [0.25, 0.3) is 11.0 Å². The van der Waals surface area contributed by atoms with E-state index in [2.05, 4.69) is 18.8 Å². The highest BCUT2D eigenvalue weighted by molar-refractivity contribution is 6.31. The molecule has 0 aliphatic rings. The molecule has 194 valence electrons. The number of alkyl halides is 3. The van der Waals surface area contributed by atoms with Crippen molar-refractivity contribution in [2.75, 3.05) is 0 Å². The summed E-state index contributed by atoms with van der Waals surface area (Å²) in [4.78, 5) is 24.9. The molecule has 0 aliphatic heterocycles. The van der Waals surface area contributed by atoms with Crippen LogP contribution in [0.5, 0.6) is 0 Å². The van der Waals surface area contributed by atoms with Gasteiger partial charge in [0, 0.05) is 24.0 Å². The van der Waals surface area contributed by atoms with Gasteiger partial charge in [-0.2, -0.15) is 13.2 Å². The first kappa shape index (κ1) is 26.6. The highest BCUT2D eigenvalue weighted by Gasteiger charge is 2.30. The predicted octanol–water partition coefficient (Wildman–Crippen LogP) is 6.42. The average molecular weight is 520 g/mol. The number of fused-ring (bicyclic) bond motifs is 1. The fourth-order valence-corrected chi connectivity index (χ4v) is 4.03. The Morgan fingerprint density at radius 2 is 1.53 bits per heavy atom. The van der Waals surface area contributed by atoms with E-state index in [-0.39, 0.29) is 13.1 Å². The molecule has 0 saturated heterocycles. The van der Waals surface area contributed by atoms with Crippen LogP contribution in [-0.4, -0.2) is 21.9 Å². The molecule has 0 saturated carbocycles. The van der Waals surface area contributed by atoms with E-state index in [4.69, 9.17) is 4.42 Å². The zero-order valence-corrected chi connectivity index (χ0v) is 20.5. The molecule has 1 amide bonds. The van der Waals surface area contributed by atoms with Gasteiger partial charge in [-0.05, 0) is 59.5 Å². The Morgan fingerprint density at radius 1 is 0.895 bits per heavy atom. The van der Waals surface area contributed by atoms with Gasteiger partial charge in [0.2, 0.25) is 0 Å². The number of carbonyl (C=O) groups excluding carboxylic acids is 1. The Morgan fingerprint density at radius 3 is 2.16 bits per heavy atom. The number of aryl methyl sites for hydroxylation is 1. The smallest absolute Gasteiger partial charge is 0.416 e. The number of amides is 1. The van der Waals surface area contributed by atoms with E-state index in [1.807, 2.05) is 24.3 Å². The van der Waals surface area contributed by atoms with Gasteiger partial charge in [0.15, 0.2) is 0 Å². The van der Waals surface area contributed by atoms with Crippen molar-refractivity contribution in [2.24, 2.45) is 0 Å². The first-order valence-corrected chi connectivity index (χ1v) is 11.9. The van der Waals surface area contributed by atoms with Crippen molar-refractivity contribution in [1.29, 1.82) is 0 Å². The molecule has 5 nitrogen and oxygen atoms in total. The van der Waals surface area contributed by atoms with E-state index >= 15 is 0 Å². The van der Waals surface area contributed by atoms with Crippen LogP contribution in [-0.2, 0) is 35.3 Å². The van der Waals surface area contributed by atoms with Crippen LogP contribution >= 0.6 is 0 Å². The van der Waals surface area contributed by atoms with Gasteiger partial charge < -0.3 is 14.4 Å². The van der Waals surface area contributed by atoms with Crippen LogP contribution in [0.3, 0.4) is 0 Å². The second-order valence-corrected chi connectivity index (χ2v) is 8.84. The van der Waals surface area contributed by atoms with Crippen molar-refractivity contribution in [3.63, 3.8) is 0 Å². The Balaban J connectivity index is 1.57. The van der Waals surface area contributed by atoms with Crippen molar-refractivity contribution in [3.8, 4) is 11.8 Å². The van der Waals surface area contributed by atoms with Crippen LogP contribution < -0.4 is 0 Å². The fraction of sp³-hybridized carbons (Fsp3) is 0.200. The van der Waals surface area contributed by atoms with Crippen molar-refractivity contribution in [1.82, 2.24) is 4.90 Å². The monoisotopic (exact) mass is 519 g/mol. The van der Waals surface area contributed by atoms with Crippen molar-refractivity contribution in [3.05, 3.63) is 106 Å². The van der Waals surface area contributed by atoms with Crippen LogP contribution in [0.15, 0.2) is 77.4 Å². The normalized spacial score (nSPS) is 11.2. The molecule has 1 heterocycles. The molecule has 3 aromatic carbocycles. The third kappa shape index (κ3) is 6.43. The number of furan rings is 1. The molecule has 8 heteroatoms. The third-order valence-electron chi connectivity index (χ3n) is 5.97. The van der Waals surface area contributed by atoms with E-state index in [0.717, 1.165) is 35.4 Å². The Kier molecular flexibility index (Phi) is 7.87. The number of benzene rings is 3. The summed E-state index contributed by atoms with van der Waals surface area (Å²) in [7, 11) is 0. The molecule has 0 bridgehead atoms. The van der Waals surface area contributed by atoms with Gasteiger partial charge >= 0.3 is 18.1 Å². The minimum absolute atomic E-state index is 0.0704. The molecule has 1 aromatic heterocycles. The highest BCUT2D eigenvalue weighted by Crippen LogP contribution is 2.29. The Bertz CT molecular complexity index is 1510. The van der Waals surface area contributed by atoms with E-state index in [1.54, 1.807) is 18.2 Å². The molecule has 4 aromatic rings. The van der Waals surface area contributed by atoms with Crippen molar-refractivity contribution in [2.45, 2.75) is 39.0 Å². The van der Waals surface area contributed by atoms with Crippen LogP contribution in [0.1, 0.15) is 46.7 Å². The van der Waals surface area contributed by atoms with Crippen molar-refractivity contribution >= 4 is 22.8 Å². The van der Waals surface area contributed by atoms with Gasteiger partial charge in [0.05, 0.1) is 11.1 Å². The molecule has 0 radical (unpaired) electrons. The first-order chi connectivity index (χ1) is 18.1. The number of aliphatic carboxylic acids is 1. The molecule has 38 heavy (non-hydrogen) atoms. The van der Waals surface area contributed by atoms with E-state index in [9.17, 15) is 27.9 Å². The van der Waals surface area contributed by atoms with Gasteiger partial charge in [-0.25, -0.2) is 4.79 Å². The maximum atomic E-state index is 12.9. The summed E-state index contributed by atoms with van der Waals surface area (Å²) >= 11 is 0. The second-order valence-electron chi connectivity index (χ2n) is 8.84. The number of hydrogen-bond acceptors (Lipinski definition) is 3. The number of rotatable bonds is 6. The second kappa shape index (κ2) is 11.3. The van der Waals surface area contributed by atoms with Crippen LogP contribution in [0.2, 0.25) is 0 Å². The summed E-state index contributed by atoms with van der Waals surface area (Å²) in [6.45, 7) is 1.88. The summed E-state index contributed by atoms with van der Waals surface area (Å²) in [5.74, 6) is 3.40. The lowest BCUT2D eigenvalue weighted by Crippen LogP contribution is -2.35. The van der Waals surface area contributed by atoms with Gasteiger partial charge in [0.25, 0.3) is 0 Å². The topological polar surface area (TPSA) is 70.8 Å². The summed E-state index contributed by atoms with van der Waals surface area (Å²) < 4.78 is 44.2. The van der Waals surface area contributed by atoms with Gasteiger partial charge in [-0.3, -0.25) is 4.79 Å². The molecule has 0 unspecified atom stereocenters. The van der Waals surface area contributed by atoms with E-state index < -0.39 is 23.6 Å². The van der Waals surface area contributed by atoms with E-state index in [0.29, 0.717) is 27.7 Å². The number of carboxylic acids is 1. The number of halogens is 3. The number of nitrogens with zero attached hydrogens (tertiary/aromatic N) is 1. The lowest BCUT2D eigenvalue weighted by molar-refractivity contribution is -0.156. The quantitative estimate of drug-likeness (QED) is 0.236. The summed E-state index contributed by atoms with van der Waals surface area (Å²) in [6.07, 6.45) is -0.888. The average Bonchev–Trinajstić information content (AvgIpc) is 3.29. The Hall–Kier alpha value is -4.51. The third-order valence-corrected chi connectivity index (χ3v) is 5.97. The summed E-state index contributed by atoms with van der Waals surface area (Å²) in [6, 6.07) is 17.4. The molecule has 1 N–H and O–H groups in total. The molecular formula is C30H24F3NO4. The summed E-state index contributed by atoms with van der Waals surface area (Å²) in [5, 5.41) is 10.00. The molecular weight excluding hydrogens is 495 g/mol. The standard InChI is InChI=1S/C30H24F3NO4/c1-2-3-20-4-6-21(7-5-20)8-12-24-19-38-27-15-11-23(16-26(24)27)18-34(28(35)29(36)37)17-22-9-13-25(14-10-22)30(31,32)33/h4-7,9-11,13-16,19H,2-3,17-18H2,1H3,(H,36,37). The maximum absolute atomic E-state index is 12.9. The lowest BCUT2D eigenvalue weighted by atomic mass is 10.1. The first-order valence-electron chi connectivity index (χ1n) is 11.9. The number of carbonyl (C=O) groups is 2. The van der Waals surface area contributed by atoms with Gasteiger partial charge in [-0.15, -0.1) is 0 Å². The Labute approximate surface area is 217 Å². The minimum atomic E-state index is -4.49. The fourth-order valence-electron chi connectivity index (χ4n) is 4.03. The minimum Gasteiger partial charge on any atom is -0.474 e. The van der Waals surface area contributed by atoms with Crippen molar-refractivity contribution < 1.29 is 32.3 Å². The number of carboxylic acid groups (broad SMARTS) is 1. The van der Waals surface area contributed by atoms with E-state index in [1.165, 1.54) is 24.0 Å².